The van der Waals surface area contributed by atoms with Gasteiger partial charge in [-0.15, -0.1) is 0 Å². The number of fused-ring (bicyclic) bond motifs is 1. The molecule has 0 saturated heterocycles. The number of rotatable bonds is 1. The van der Waals surface area contributed by atoms with Crippen LogP contribution in [-0.4, -0.2) is 9.55 Å². The zero-order valence-electron chi connectivity index (χ0n) is 7.86. The van der Waals surface area contributed by atoms with Crippen LogP contribution in [0.25, 0.3) is 11.0 Å². The Morgan fingerprint density at radius 2 is 2.20 bits per heavy atom. The summed E-state index contributed by atoms with van der Waals surface area (Å²) in [5, 5.41) is 0.482. The normalized spacial score (nSPS) is 10.8. The summed E-state index contributed by atoms with van der Waals surface area (Å²) in [6.07, 6.45) is 0. The van der Waals surface area contributed by atoms with Crippen molar-refractivity contribution in [2.75, 3.05) is 0 Å². The van der Waals surface area contributed by atoms with Crippen LogP contribution in [0.3, 0.4) is 0 Å². The molecule has 0 radical (unpaired) electrons. The van der Waals surface area contributed by atoms with E-state index in [-0.39, 0.29) is 16.2 Å². The molecular formula is C9H7ClN2O3. The summed E-state index contributed by atoms with van der Waals surface area (Å²) >= 11 is 5.69. The van der Waals surface area contributed by atoms with Gasteiger partial charge in [0.05, 0.1) is 0 Å². The van der Waals surface area contributed by atoms with Crippen LogP contribution >= 0.6 is 11.6 Å². The quantitative estimate of drug-likeness (QED) is 0.681. The molecular weight excluding hydrogens is 220 g/mol. The highest BCUT2D eigenvalue weighted by atomic mass is 35.5. The van der Waals surface area contributed by atoms with Gasteiger partial charge in [-0.25, -0.2) is 14.6 Å². The van der Waals surface area contributed by atoms with Gasteiger partial charge in [0.15, 0.2) is 5.65 Å². The van der Waals surface area contributed by atoms with E-state index >= 15 is 0 Å². The summed E-state index contributed by atoms with van der Waals surface area (Å²) in [5.41, 5.74) is -0.435. The molecule has 2 rings (SSSR count). The third kappa shape index (κ3) is 1.55. The van der Waals surface area contributed by atoms with E-state index in [0.717, 1.165) is 0 Å². The van der Waals surface area contributed by atoms with Crippen LogP contribution in [0.2, 0.25) is 5.15 Å². The molecule has 0 aliphatic carbocycles. The first-order chi connectivity index (χ1) is 7.13. The Bertz CT molecular complexity index is 629. The van der Waals surface area contributed by atoms with Gasteiger partial charge in [-0.3, -0.25) is 4.57 Å². The highest BCUT2D eigenvalue weighted by Crippen LogP contribution is 2.10. The third-order valence-corrected chi connectivity index (χ3v) is 2.24. The van der Waals surface area contributed by atoms with E-state index in [1.807, 2.05) is 0 Å². The van der Waals surface area contributed by atoms with E-state index in [0.29, 0.717) is 6.54 Å². The molecule has 5 nitrogen and oxygen atoms in total. The van der Waals surface area contributed by atoms with Gasteiger partial charge in [0.25, 0.3) is 0 Å². The van der Waals surface area contributed by atoms with Crippen molar-refractivity contribution in [3.63, 3.8) is 0 Å². The Morgan fingerprint density at radius 3 is 2.87 bits per heavy atom. The molecule has 0 aliphatic heterocycles. The average Bonchev–Trinajstić information content (AvgIpc) is 2.17. The average molecular weight is 227 g/mol. The third-order valence-electron chi connectivity index (χ3n) is 2.03. The molecule has 0 amide bonds. The summed E-state index contributed by atoms with van der Waals surface area (Å²) in [6, 6.07) is 2.97. The molecule has 2 aromatic rings. The second kappa shape index (κ2) is 3.51. The molecule has 2 heterocycles. The largest absolute Gasteiger partial charge is 0.423 e. The fourth-order valence-corrected chi connectivity index (χ4v) is 1.49. The summed E-state index contributed by atoms with van der Waals surface area (Å²) in [6.45, 7) is 2.12. The summed E-state index contributed by atoms with van der Waals surface area (Å²) in [7, 11) is 0. The van der Waals surface area contributed by atoms with Gasteiger partial charge < -0.3 is 4.42 Å². The molecule has 0 N–H and O–H groups in total. The van der Waals surface area contributed by atoms with Gasteiger partial charge in [-0.05, 0) is 19.1 Å². The molecule has 0 atom stereocenters. The van der Waals surface area contributed by atoms with E-state index in [1.54, 1.807) is 6.92 Å². The van der Waals surface area contributed by atoms with Gasteiger partial charge in [0.1, 0.15) is 10.5 Å². The Balaban J connectivity index is 3.05. The second-order valence-electron chi connectivity index (χ2n) is 2.90. The van der Waals surface area contributed by atoms with Crippen LogP contribution in [0.15, 0.2) is 26.1 Å². The molecule has 0 fully saturated rings. The van der Waals surface area contributed by atoms with Crippen molar-refractivity contribution in [2.24, 2.45) is 0 Å². The number of nitrogens with zero attached hydrogens (tertiary/aromatic N) is 2. The molecule has 0 unspecified atom stereocenters. The molecule has 0 saturated carbocycles. The smallest absolute Gasteiger partial charge is 0.372 e. The summed E-state index contributed by atoms with van der Waals surface area (Å²) < 4.78 is 5.77. The lowest BCUT2D eigenvalue weighted by Crippen LogP contribution is -2.25. The molecule has 0 aliphatic rings. The molecule has 78 valence electrons. The molecule has 0 spiro atoms. The second-order valence-corrected chi connectivity index (χ2v) is 3.29. The number of aromatic nitrogens is 2. The highest BCUT2D eigenvalue weighted by Gasteiger charge is 2.09. The van der Waals surface area contributed by atoms with Crippen molar-refractivity contribution >= 4 is 22.6 Å². The highest BCUT2D eigenvalue weighted by molar-refractivity contribution is 6.29. The van der Waals surface area contributed by atoms with Crippen molar-refractivity contribution in [3.05, 3.63) is 38.3 Å². The lowest BCUT2D eigenvalue weighted by molar-refractivity contribution is 0.420. The maximum atomic E-state index is 11.3. The van der Waals surface area contributed by atoms with E-state index in [9.17, 15) is 9.59 Å². The lowest BCUT2D eigenvalue weighted by atomic mass is 10.3. The minimum Gasteiger partial charge on any atom is -0.372 e. The topological polar surface area (TPSA) is 65.1 Å². The lowest BCUT2D eigenvalue weighted by Gasteiger charge is -2.03. The predicted molar refractivity (Wildman–Crippen MR) is 55.2 cm³/mol. The minimum atomic E-state index is -0.718. The fraction of sp³-hybridized carbons (Fsp3) is 0.222. The van der Waals surface area contributed by atoms with Crippen molar-refractivity contribution in [1.82, 2.24) is 9.55 Å². The van der Waals surface area contributed by atoms with Gasteiger partial charge in [-0.2, -0.15) is 0 Å². The number of hydrogen-bond acceptors (Lipinski definition) is 4. The van der Waals surface area contributed by atoms with Crippen LogP contribution in [0, 0.1) is 0 Å². The monoisotopic (exact) mass is 226 g/mol. The van der Waals surface area contributed by atoms with Crippen LogP contribution in [0.1, 0.15) is 6.92 Å². The standard InChI is InChI=1S/C9H7ClN2O3/c1-2-12-7-5(3-4-6(10)11-7)8(13)15-9(12)14/h3-4H,2H2,1H3. The molecule has 0 aromatic carbocycles. The first-order valence-electron chi connectivity index (χ1n) is 4.33. The molecule has 2 aromatic heterocycles. The minimum absolute atomic E-state index is 0.231. The summed E-state index contributed by atoms with van der Waals surface area (Å²) in [5.74, 6) is -0.718. The molecule has 0 bridgehead atoms. The van der Waals surface area contributed by atoms with Crippen LogP contribution in [-0.2, 0) is 6.54 Å². The van der Waals surface area contributed by atoms with Gasteiger partial charge in [-0.1, -0.05) is 11.6 Å². The Morgan fingerprint density at radius 1 is 1.47 bits per heavy atom. The van der Waals surface area contributed by atoms with Crippen molar-refractivity contribution in [3.8, 4) is 0 Å². The van der Waals surface area contributed by atoms with Crippen molar-refractivity contribution in [2.45, 2.75) is 13.5 Å². The zero-order chi connectivity index (χ0) is 11.0. The Hall–Kier alpha value is -1.62. The molecule has 6 heteroatoms. The van der Waals surface area contributed by atoms with E-state index in [2.05, 4.69) is 9.40 Å². The Kier molecular flexibility index (Phi) is 2.32. The number of pyridine rings is 1. The van der Waals surface area contributed by atoms with Gasteiger partial charge in [0.2, 0.25) is 0 Å². The SMILES string of the molecule is CCn1c(=O)oc(=O)c2ccc(Cl)nc21. The van der Waals surface area contributed by atoms with Crippen LogP contribution in [0.4, 0.5) is 0 Å². The zero-order valence-corrected chi connectivity index (χ0v) is 8.61. The van der Waals surface area contributed by atoms with Crippen molar-refractivity contribution in [1.29, 1.82) is 0 Å². The fourth-order valence-electron chi connectivity index (χ4n) is 1.35. The van der Waals surface area contributed by atoms with Crippen molar-refractivity contribution < 1.29 is 4.42 Å². The Labute approximate surface area is 88.9 Å². The van der Waals surface area contributed by atoms with E-state index in [1.165, 1.54) is 16.7 Å². The van der Waals surface area contributed by atoms with Crippen LogP contribution < -0.4 is 11.4 Å². The van der Waals surface area contributed by atoms with Gasteiger partial charge >= 0.3 is 11.4 Å². The van der Waals surface area contributed by atoms with E-state index < -0.39 is 11.4 Å². The maximum absolute atomic E-state index is 11.3. The van der Waals surface area contributed by atoms with Gasteiger partial charge in [0, 0.05) is 6.54 Å². The first kappa shape index (κ1) is 9.92. The maximum Gasteiger partial charge on any atom is 0.423 e. The predicted octanol–water partition coefficient (Wildman–Crippen LogP) is 1.02. The van der Waals surface area contributed by atoms with Crippen LogP contribution in [0.5, 0.6) is 0 Å². The first-order valence-corrected chi connectivity index (χ1v) is 4.71. The summed E-state index contributed by atoms with van der Waals surface area (Å²) in [4.78, 5) is 26.6. The number of halogens is 1. The number of hydrogen-bond donors (Lipinski definition) is 0. The number of aryl methyl sites for hydroxylation is 1. The molecule has 15 heavy (non-hydrogen) atoms. The van der Waals surface area contributed by atoms with E-state index in [4.69, 9.17) is 11.6 Å².